The van der Waals surface area contributed by atoms with Gasteiger partial charge in [-0.3, -0.25) is 9.68 Å². The Labute approximate surface area is 121 Å². The van der Waals surface area contributed by atoms with Gasteiger partial charge in [-0.2, -0.15) is 11.0 Å². The first-order chi connectivity index (χ1) is 9.70. The molecular formula is C9H18N2O9P+. The van der Waals surface area contributed by atoms with Gasteiger partial charge in [0.05, 0.1) is 12.2 Å². The zero-order valence-electron chi connectivity index (χ0n) is 11.9. The number of amides is 2. The molecular weight excluding hydrogens is 311 g/mol. The van der Waals surface area contributed by atoms with Crippen molar-refractivity contribution < 1.29 is 42.7 Å². The van der Waals surface area contributed by atoms with E-state index in [4.69, 9.17) is 14.6 Å². The summed E-state index contributed by atoms with van der Waals surface area (Å²) >= 11 is 0. The van der Waals surface area contributed by atoms with Crippen LogP contribution in [0.1, 0.15) is 27.7 Å². The van der Waals surface area contributed by atoms with E-state index in [9.17, 15) is 14.2 Å². The molecule has 0 fully saturated rings. The quantitative estimate of drug-likeness (QED) is 0.338. The Kier molecular flexibility index (Phi) is 9.50. The number of carbonyl (C=O) groups is 2. The minimum Gasteiger partial charge on any atom is -0.379 e. The van der Waals surface area contributed by atoms with Gasteiger partial charge < -0.3 is 9.47 Å². The molecule has 0 rings (SSSR count). The monoisotopic (exact) mass is 329 g/mol. The molecule has 21 heavy (non-hydrogen) atoms. The number of rotatable bonds is 8. The molecule has 0 heterocycles. The van der Waals surface area contributed by atoms with E-state index < -0.39 is 26.9 Å². The molecule has 3 N–H and O–H groups in total. The summed E-state index contributed by atoms with van der Waals surface area (Å²) in [6.45, 7) is 4.46. The van der Waals surface area contributed by atoms with Gasteiger partial charge >= 0.3 is 26.9 Å². The molecule has 11 nitrogen and oxygen atoms in total. The second kappa shape index (κ2) is 10.2. The standard InChI is InChI=1S/C9H17N2O9P/c1-5(2)18-10-7(12)16-9(20-21(14)15)17-8(13)11-19-6(3)4/h5-6,9H,1-4H3,(H2-,10,11,12,13,14,15)/p+1. The van der Waals surface area contributed by atoms with E-state index in [0.717, 1.165) is 0 Å². The van der Waals surface area contributed by atoms with Crippen molar-refractivity contribution in [3.05, 3.63) is 0 Å². The molecule has 0 spiro atoms. The molecule has 0 aromatic heterocycles. The maximum atomic E-state index is 11.2. The lowest BCUT2D eigenvalue weighted by Crippen LogP contribution is -2.37. The molecule has 0 aliphatic heterocycles. The molecule has 1 atom stereocenters. The van der Waals surface area contributed by atoms with E-state index >= 15 is 0 Å². The number of ether oxygens (including phenoxy) is 2. The Morgan fingerprint density at radius 2 is 1.33 bits per heavy atom. The van der Waals surface area contributed by atoms with E-state index in [0.29, 0.717) is 0 Å². The van der Waals surface area contributed by atoms with Crippen LogP contribution in [0.15, 0.2) is 0 Å². The van der Waals surface area contributed by atoms with Gasteiger partial charge in [0.2, 0.25) is 0 Å². The highest BCUT2D eigenvalue weighted by atomic mass is 31.1. The summed E-state index contributed by atoms with van der Waals surface area (Å²) in [5, 5.41) is 0. The third kappa shape index (κ3) is 12.0. The Morgan fingerprint density at radius 1 is 0.952 bits per heavy atom. The largest absolute Gasteiger partial charge is 0.702 e. The Hall–Kier alpha value is -1.52. The van der Waals surface area contributed by atoms with Crippen LogP contribution < -0.4 is 11.0 Å². The maximum Gasteiger partial charge on any atom is 0.702 e. The highest BCUT2D eigenvalue weighted by Gasteiger charge is 2.31. The van der Waals surface area contributed by atoms with E-state index in [1.54, 1.807) is 27.7 Å². The Bertz CT molecular complexity index is 337. The zero-order valence-corrected chi connectivity index (χ0v) is 12.8. The number of nitrogens with one attached hydrogen (secondary N) is 2. The highest BCUT2D eigenvalue weighted by Crippen LogP contribution is 2.19. The number of hydrogen-bond acceptors (Lipinski definition) is 8. The van der Waals surface area contributed by atoms with Crippen molar-refractivity contribution in [1.82, 2.24) is 11.0 Å². The van der Waals surface area contributed by atoms with Crippen LogP contribution in [0.4, 0.5) is 9.59 Å². The number of carbonyl (C=O) groups excluding carboxylic acids is 2. The second-order valence-corrected chi connectivity index (χ2v) is 4.67. The molecule has 0 aliphatic carbocycles. The third-order valence-corrected chi connectivity index (χ3v) is 1.69. The maximum absolute atomic E-state index is 11.2. The smallest absolute Gasteiger partial charge is 0.379 e. The van der Waals surface area contributed by atoms with Crippen molar-refractivity contribution in [2.45, 2.75) is 46.4 Å². The minimum absolute atomic E-state index is 0.338. The van der Waals surface area contributed by atoms with Gasteiger partial charge in [-0.05, 0) is 32.2 Å². The molecule has 122 valence electrons. The molecule has 0 saturated carbocycles. The van der Waals surface area contributed by atoms with Gasteiger partial charge in [0.1, 0.15) is 0 Å². The van der Waals surface area contributed by atoms with Crippen molar-refractivity contribution in [3.8, 4) is 0 Å². The molecule has 1 unspecified atom stereocenters. The van der Waals surface area contributed by atoms with Crippen molar-refractivity contribution >= 4 is 20.4 Å². The molecule has 0 bridgehead atoms. The topological polar surface area (TPSA) is 142 Å². The SMILES string of the molecule is CC(C)ONC(=O)OC(OC(=O)NOC(C)C)O[P+](=O)O. The Morgan fingerprint density at radius 3 is 1.62 bits per heavy atom. The number of hydrogen-bond donors (Lipinski definition) is 3. The average molecular weight is 329 g/mol. The molecule has 0 radical (unpaired) electrons. The van der Waals surface area contributed by atoms with Gasteiger partial charge in [-0.1, -0.05) is 0 Å². The summed E-state index contributed by atoms with van der Waals surface area (Å²) < 4.78 is 23.6. The predicted octanol–water partition coefficient (Wildman–Crippen LogP) is 1.07. The van der Waals surface area contributed by atoms with E-state index in [2.05, 4.69) is 14.0 Å². The first kappa shape index (κ1) is 19.5. The minimum atomic E-state index is -3.19. The Balaban J connectivity index is 4.34. The summed E-state index contributed by atoms with van der Waals surface area (Å²) in [6.07, 6.45) is -3.06. The lowest BCUT2D eigenvalue weighted by molar-refractivity contribution is -0.193. The fraction of sp³-hybridized carbons (Fsp3) is 0.778. The van der Waals surface area contributed by atoms with Crippen LogP contribution in [-0.4, -0.2) is 35.8 Å². The van der Waals surface area contributed by atoms with Crippen LogP contribution >= 0.6 is 8.25 Å². The summed E-state index contributed by atoms with van der Waals surface area (Å²) in [5.74, 6) is 0. The highest BCUT2D eigenvalue weighted by molar-refractivity contribution is 7.32. The van der Waals surface area contributed by atoms with Gasteiger partial charge in [0.25, 0.3) is 0 Å². The van der Waals surface area contributed by atoms with Crippen molar-refractivity contribution in [3.63, 3.8) is 0 Å². The van der Waals surface area contributed by atoms with Gasteiger partial charge in [-0.25, -0.2) is 9.59 Å². The van der Waals surface area contributed by atoms with Crippen LogP contribution in [0.3, 0.4) is 0 Å². The summed E-state index contributed by atoms with van der Waals surface area (Å²) in [4.78, 5) is 40.4. The fourth-order valence-electron chi connectivity index (χ4n) is 0.696. The fourth-order valence-corrected chi connectivity index (χ4v) is 0.929. The van der Waals surface area contributed by atoms with Crippen LogP contribution in [0.2, 0.25) is 0 Å². The number of hydroxylamine groups is 2. The lowest BCUT2D eigenvalue weighted by atomic mass is 10.5. The third-order valence-electron chi connectivity index (χ3n) is 1.34. The molecule has 2 amide bonds. The van der Waals surface area contributed by atoms with E-state index in [1.807, 2.05) is 11.0 Å². The predicted molar refractivity (Wildman–Crippen MR) is 66.4 cm³/mol. The second-order valence-electron chi connectivity index (χ2n) is 3.98. The summed E-state index contributed by atoms with van der Waals surface area (Å²) in [6, 6.07) is 0. The van der Waals surface area contributed by atoms with Crippen LogP contribution in [-0.2, 0) is 28.2 Å². The van der Waals surface area contributed by atoms with Gasteiger partial charge in [0, 0.05) is 4.57 Å². The van der Waals surface area contributed by atoms with Crippen molar-refractivity contribution in [2.24, 2.45) is 0 Å². The molecule has 0 aromatic carbocycles. The molecule has 0 aliphatic rings. The van der Waals surface area contributed by atoms with Crippen LogP contribution in [0, 0.1) is 0 Å². The van der Waals surface area contributed by atoms with E-state index in [1.165, 1.54) is 0 Å². The molecule has 12 heteroatoms. The molecule has 0 aromatic rings. The average Bonchev–Trinajstić information content (AvgIpc) is 2.33. The summed E-state index contributed by atoms with van der Waals surface area (Å²) in [5.41, 5.74) is 3.70. The normalized spacial score (nSPS) is 11.5. The zero-order chi connectivity index (χ0) is 16.4. The van der Waals surface area contributed by atoms with Gasteiger partial charge in [-0.15, -0.1) is 4.89 Å². The molecule has 0 saturated heterocycles. The first-order valence-electron chi connectivity index (χ1n) is 5.78. The lowest BCUT2D eigenvalue weighted by Gasteiger charge is -2.14. The van der Waals surface area contributed by atoms with Crippen LogP contribution in [0.5, 0.6) is 0 Å². The van der Waals surface area contributed by atoms with E-state index in [-0.39, 0.29) is 12.2 Å². The first-order valence-corrected chi connectivity index (χ1v) is 6.91. The van der Waals surface area contributed by atoms with Gasteiger partial charge in [0.15, 0.2) is 0 Å². The van der Waals surface area contributed by atoms with Crippen LogP contribution in [0.25, 0.3) is 0 Å². The van der Waals surface area contributed by atoms with Crippen molar-refractivity contribution in [2.75, 3.05) is 0 Å². The summed E-state index contributed by atoms with van der Waals surface area (Å²) in [7, 11) is -3.19. The van der Waals surface area contributed by atoms with Crippen molar-refractivity contribution in [1.29, 1.82) is 0 Å².